The van der Waals surface area contributed by atoms with Crippen molar-refractivity contribution in [1.29, 1.82) is 0 Å². The molecule has 0 spiro atoms. The molecule has 1 fully saturated rings. The number of piperidine rings is 1. The van der Waals surface area contributed by atoms with E-state index in [0.717, 1.165) is 35.3 Å². The van der Waals surface area contributed by atoms with Crippen LogP contribution in [0.15, 0.2) is 53.4 Å². The lowest BCUT2D eigenvalue weighted by Gasteiger charge is -2.31. The number of H-pyrrole nitrogens is 1. The summed E-state index contributed by atoms with van der Waals surface area (Å²) in [6, 6.07) is 15.2. The fourth-order valence-corrected chi connectivity index (χ4v) is 5.25. The molecule has 5 nitrogen and oxygen atoms in total. The summed E-state index contributed by atoms with van der Waals surface area (Å²) in [4.78, 5) is 8.42. The number of nitrogens with zero attached hydrogens (tertiary/aromatic N) is 2. The van der Waals surface area contributed by atoms with Crippen LogP contribution in [-0.2, 0) is 10.0 Å². The SMILES string of the molecule is CC(C)c1ccc(S(=O)(=O)N2CCCC(c3nc4ccccc4[nH]3)C2)cc1. The van der Waals surface area contributed by atoms with Gasteiger partial charge in [0.25, 0.3) is 0 Å². The smallest absolute Gasteiger partial charge is 0.243 e. The van der Waals surface area contributed by atoms with Gasteiger partial charge in [-0.05, 0) is 48.6 Å². The first-order chi connectivity index (χ1) is 12.9. The van der Waals surface area contributed by atoms with Gasteiger partial charge in [-0.15, -0.1) is 0 Å². The quantitative estimate of drug-likeness (QED) is 0.732. The molecular formula is C21H25N3O2S. The lowest BCUT2D eigenvalue weighted by Crippen LogP contribution is -2.39. The third kappa shape index (κ3) is 3.51. The molecule has 0 amide bonds. The average Bonchev–Trinajstić information content (AvgIpc) is 3.12. The Labute approximate surface area is 160 Å². The van der Waals surface area contributed by atoms with E-state index in [9.17, 15) is 8.42 Å². The van der Waals surface area contributed by atoms with E-state index < -0.39 is 10.0 Å². The van der Waals surface area contributed by atoms with E-state index in [1.54, 1.807) is 16.4 Å². The average molecular weight is 384 g/mol. The summed E-state index contributed by atoms with van der Waals surface area (Å²) in [5, 5.41) is 0. The second kappa shape index (κ2) is 7.09. The van der Waals surface area contributed by atoms with Crippen LogP contribution in [0.5, 0.6) is 0 Å². The van der Waals surface area contributed by atoms with Crippen LogP contribution in [0.4, 0.5) is 0 Å². The fourth-order valence-electron chi connectivity index (χ4n) is 3.72. The first-order valence-electron chi connectivity index (χ1n) is 9.50. The number of imidazole rings is 1. The molecule has 0 aliphatic carbocycles. The first-order valence-corrected chi connectivity index (χ1v) is 10.9. The lowest BCUT2D eigenvalue weighted by atomic mass is 9.99. The lowest BCUT2D eigenvalue weighted by molar-refractivity contribution is 0.310. The molecule has 2 heterocycles. The van der Waals surface area contributed by atoms with Crippen LogP contribution in [0.25, 0.3) is 11.0 Å². The van der Waals surface area contributed by atoms with Crippen molar-refractivity contribution in [3.63, 3.8) is 0 Å². The maximum atomic E-state index is 13.1. The van der Waals surface area contributed by atoms with Gasteiger partial charge in [0.1, 0.15) is 5.82 Å². The summed E-state index contributed by atoms with van der Waals surface area (Å²) in [6.07, 6.45) is 1.78. The maximum Gasteiger partial charge on any atom is 0.243 e. The third-order valence-electron chi connectivity index (χ3n) is 5.36. The van der Waals surface area contributed by atoms with Gasteiger partial charge in [-0.1, -0.05) is 38.1 Å². The predicted octanol–water partition coefficient (Wildman–Crippen LogP) is 4.25. The monoisotopic (exact) mass is 383 g/mol. The zero-order chi connectivity index (χ0) is 19.0. The topological polar surface area (TPSA) is 66.1 Å². The molecule has 3 aromatic rings. The maximum absolute atomic E-state index is 13.1. The number of nitrogens with one attached hydrogen (secondary N) is 1. The Kier molecular flexibility index (Phi) is 4.78. The molecule has 0 saturated carbocycles. The Bertz CT molecular complexity index is 1010. The highest BCUT2D eigenvalue weighted by Gasteiger charge is 2.32. The molecule has 1 atom stereocenters. The number of aromatic nitrogens is 2. The van der Waals surface area contributed by atoms with Gasteiger partial charge in [0.15, 0.2) is 0 Å². The second-order valence-corrected chi connectivity index (χ2v) is 9.50. The molecule has 0 radical (unpaired) electrons. The van der Waals surface area contributed by atoms with Gasteiger partial charge in [0, 0.05) is 19.0 Å². The standard InChI is InChI=1S/C21H25N3O2S/c1-15(2)16-9-11-18(12-10-16)27(25,26)24-13-5-6-17(14-24)21-22-19-7-3-4-8-20(19)23-21/h3-4,7-12,15,17H,5-6,13-14H2,1-2H3,(H,22,23). The molecule has 0 bridgehead atoms. The highest BCUT2D eigenvalue weighted by Crippen LogP contribution is 2.30. The molecule has 1 saturated heterocycles. The van der Waals surface area contributed by atoms with Gasteiger partial charge in [-0.25, -0.2) is 13.4 Å². The van der Waals surface area contributed by atoms with E-state index in [2.05, 4.69) is 23.8 Å². The number of sulfonamides is 1. The summed E-state index contributed by atoms with van der Waals surface area (Å²) < 4.78 is 27.8. The first kappa shape index (κ1) is 18.2. The van der Waals surface area contributed by atoms with E-state index in [4.69, 9.17) is 0 Å². The number of benzene rings is 2. The minimum absolute atomic E-state index is 0.0934. The number of rotatable bonds is 4. The van der Waals surface area contributed by atoms with Gasteiger partial charge >= 0.3 is 0 Å². The van der Waals surface area contributed by atoms with Crippen molar-refractivity contribution < 1.29 is 8.42 Å². The Morgan fingerprint density at radius 1 is 1.11 bits per heavy atom. The Hall–Kier alpha value is -2.18. The Morgan fingerprint density at radius 2 is 1.85 bits per heavy atom. The van der Waals surface area contributed by atoms with Crippen molar-refractivity contribution in [1.82, 2.24) is 14.3 Å². The predicted molar refractivity (Wildman–Crippen MR) is 107 cm³/mol. The van der Waals surface area contributed by atoms with Gasteiger partial charge in [0.05, 0.1) is 15.9 Å². The molecule has 1 unspecified atom stereocenters. The summed E-state index contributed by atoms with van der Waals surface area (Å²) >= 11 is 0. The van der Waals surface area contributed by atoms with Crippen LogP contribution in [0.3, 0.4) is 0 Å². The normalized spacial score (nSPS) is 19.0. The summed E-state index contributed by atoms with van der Waals surface area (Å²) in [5.74, 6) is 1.36. The highest BCUT2D eigenvalue weighted by molar-refractivity contribution is 7.89. The van der Waals surface area contributed by atoms with Crippen LogP contribution >= 0.6 is 0 Å². The molecule has 142 valence electrons. The van der Waals surface area contributed by atoms with Crippen LogP contribution in [0.1, 0.15) is 49.9 Å². The summed E-state index contributed by atoms with van der Waals surface area (Å²) in [6.45, 7) is 5.23. The second-order valence-electron chi connectivity index (χ2n) is 7.57. The molecule has 1 aliphatic rings. The highest BCUT2D eigenvalue weighted by atomic mass is 32.2. The number of hydrogen-bond donors (Lipinski definition) is 1. The fraction of sp³-hybridized carbons (Fsp3) is 0.381. The van der Waals surface area contributed by atoms with Gasteiger partial charge in [-0.3, -0.25) is 0 Å². The largest absolute Gasteiger partial charge is 0.342 e. The summed E-state index contributed by atoms with van der Waals surface area (Å²) in [5.41, 5.74) is 3.07. The molecule has 1 aromatic heterocycles. The minimum Gasteiger partial charge on any atom is -0.342 e. The van der Waals surface area contributed by atoms with Gasteiger partial charge in [-0.2, -0.15) is 4.31 Å². The number of para-hydroxylation sites is 2. The van der Waals surface area contributed by atoms with Crippen LogP contribution in [0.2, 0.25) is 0 Å². The van der Waals surface area contributed by atoms with Gasteiger partial charge in [0.2, 0.25) is 10.0 Å². The molecule has 1 aliphatic heterocycles. The molecule has 6 heteroatoms. The minimum atomic E-state index is -3.48. The number of hydrogen-bond acceptors (Lipinski definition) is 3. The van der Waals surface area contributed by atoms with E-state index in [-0.39, 0.29) is 5.92 Å². The van der Waals surface area contributed by atoms with Crippen molar-refractivity contribution in [2.24, 2.45) is 0 Å². The molecule has 4 rings (SSSR count). The van der Waals surface area contributed by atoms with Crippen LogP contribution in [-0.4, -0.2) is 35.8 Å². The van der Waals surface area contributed by atoms with Gasteiger partial charge < -0.3 is 4.98 Å². The Balaban J connectivity index is 1.58. The Morgan fingerprint density at radius 3 is 2.56 bits per heavy atom. The van der Waals surface area contributed by atoms with E-state index in [1.165, 1.54) is 0 Å². The van der Waals surface area contributed by atoms with Crippen molar-refractivity contribution in [2.45, 2.75) is 43.4 Å². The van der Waals surface area contributed by atoms with E-state index >= 15 is 0 Å². The zero-order valence-corrected chi connectivity index (χ0v) is 16.5. The number of fused-ring (bicyclic) bond motifs is 1. The van der Waals surface area contributed by atoms with Crippen molar-refractivity contribution in [2.75, 3.05) is 13.1 Å². The van der Waals surface area contributed by atoms with Crippen LogP contribution in [0, 0.1) is 0 Å². The molecule has 2 aromatic carbocycles. The molecule has 27 heavy (non-hydrogen) atoms. The van der Waals surface area contributed by atoms with Crippen molar-refractivity contribution >= 4 is 21.1 Å². The van der Waals surface area contributed by atoms with Crippen molar-refractivity contribution in [3.8, 4) is 0 Å². The number of aromatic amines is 1. The van der Waals surface area contributed by atoms with Crippen LogP contribution < -0.4 is 0 Å². The summed E-state index contributed by atoms with van der Waals surface area (Å²) in [7, 11) is -3.48. The van der Waals surface area contributed by atoms with Crippen molar-refractivity contribution in [3.05, 3.63) is 59.9 Å². The molecular weight excluding hydrogens is 358 g/mol. The third-order valence-corrected chi connectivity index (χ3v) is 7.24. The van der Waals surface area contributed by atoms with E-state index in [0.29, 0.717) is 23.9 Å². The zero-order valence-electron chi connectivity index (χ0n) is 15.7. The van der Waals surface area contributed by atoms with E-state index in [1.807, 2.05) is 36.4 Å². The molecule has 1 N–H and O–H groups in total.